The molecule has 0 unspecified atom stereocenters. The highest BCUT2D eigenvalue weighted by molar-refractivity contribution is 5.32. The van der Waals surface area contributed by atoms with Gasteiger partial charge in [-0.25, -0.2) is 13.5 Å². The van der Waals surface area contributed by atoms with Gasteiger partial charge in [-0.1, -0.05) is 5.21 Å². The molecule has 6 heteroatoms. The van der Waals surface area contributed by atoms with E-state index in [0.29, 0.717) is 18.5 Å². The van der Waals surface area contributed by atoms with Crippen LogP contribution in [0.5, 0.6) is 0 Å². The molecule has 2 aromatic rings. The maximum Gasteiger partial charge on any atom is 0.149 e. The Morgan fingerprint density at radius 3 is 2.88 bits per heavy atom. The van der Waals surface area contributed by atoms with Gasteiger partial charge < -0.3 is 5.11 Å². The first-order valence-corrected chi connectivity index (χ1v) is 5.18. The molecule has 17 heavy (non-hydrogen) atoms. The van der Waals surface area contributed by atoms with E-state index in [2.05, 4.69) is 10.3 Å². The van der Waals surface area contributed by atoms with Crippen LogP contribution in [0.2, 0.25) is 0 Å². The van der Waals surface area contributed by atoms with E-state index in [1.54, 1.807) is 0 Å². The van der Waals surface area contributed by atoms with Crippen molar-refractivity contribution in [2.45, 2.75) is 12.8 Å². The third-order valence-corrected chi connectivity index (χ3v) is 2.29. The van der Waals surface area contributed by atoms with E-state index >= 15 is 0 Å². The minimum atomic E-state index is -0.565. The van der Waals surface area contributed by atoms with Gasteiger partial charge in [-0.05, 0) is 25.0 Å². The van der Waals surface area contributed by atoms with Crippen LogP contribution in [-0.4, -0.2) is 26.7 Å². The maximum atomic E-state index is 13.4. The first kappa shape index (κ1) is 11.7. The fourth-order valence-electron chi connectivity index (χ4n) is 1.45. The van der Waals surface area contributed by atoms with Gasteiger partial charge in [-0.15, -0.1) is 5.10 Å². The van der Waals surface area contributed by atoms with Crippen LogP contribution in [0.1, 0.15) is 12.1 Å². The summed E-state index contributed by atoms with van der Waals surface area (Å²) in [5, 5.41) is 16.2. The van der Waals surface area contributed by atoms with Gasteiger partial charge in [0, 0.05) is 12.7 Å². The number of aliphatic hydroxyl groups excluding tert-OH is 1. The summed E-state index contributed by atoms with van der Waals surface area (Å²) in [6.45, 7) is 0.0567. The first-order valence-electron chi connectivity index (χ1n) is 5.18. The number of halogens is 2. The molecule has 0 saturated carbocycles. The van der Waals surface area contributed by atoms with Crippen LogP contribution in [0.3, 0.4) is 0 Å². The SMILES string of the molecule is OCCCc1cn(-c2cc(F)ccc2F)nn1. The molecule has 2 rings (SSSR count). The normalized spacial score (nSPS) is 10.8. The second-order valence-electron chi connectivity index (χ2n) is 3.58. The van der Waals surface area contributed by atoms with Crippen molar-refractivity contribution in [3.8, 4) is 5.69 Å². The molecule has 1 aromatic carbocycles. The van der Waals surface area contributed by atoms with Gasteiger partial charge in [-0.2, -0.15) is 0 Å². The Balaban J connectivity index is 2.27. The van der Waals surface area contributed by atoms with Gasteiger partial charge in [0.1, 0.15) is 17.3 Å². The van der Waals surface area contributed by atoms with Crippen LogP contribution in [0.15, 0.2) is 24.4 Å². The zero-order chi connectivity index (χ0) is 12.3. The van der Waals surface area contributed by atoms with Crippen LogP contribution in [0.4, 0.5) is 8.78 Å². The van der Waals surface area contributed by atoms with E-state index in [9.17, 15) is 8.78 Å². The minimum Gasteiger partial charge on any atom is -0.396 e. The molecule has 1 N–H and O–H groups in total. The van der Waals surface area contributed by atoms with Gasteiger partial charge in [0.15, 0.2) is 0 Å². The molecule has 1 heterocycles. The van der Waals surface area contributed by atoms with Crippen molar-refractivity contribution < 1.29 is 13.9 Å². The summed E-state index contributed by atoms with van der Waals surface area (Å²) in [4.78, 5) is 0. The van der Waals surface area contributed by atoms with Crippen LogP contribution >= 0.6 is 0 Å². The Morgan fingerprint density at radius 2 is 2.12 bits per heavy atom. The molecule has 1 aromatic heterocycles. The maximum absolute atomic E-state index is 13.4. The van der Waals surface area contributed by atoms with Gasteiger partial charge in [0.2, 0.25) is 0 Å². The van der Waals surface area contributed by atoms with E-state index < -0.39 is 11.6 Å². The van der Waals surface area contributed by atoms with Crippen LogP contribution in [0, 0.1) is 11.6 Å². The number of hydrogen-bond donors (Lipinski definition) is 1. The number of aliphatic hydroxyl groups is 1. The number of aryl methyl sites for hydroxylation is 1. The van der Waals surface area contributed by atoms with E-state index in [-0.39, 0.29) is 12.3 Å². The minimum absolute atomic E-state index is 0.0211. The molecule has 0 radical (unpaired) electrons. The van der Waals surface area contributed by atoms with E-state index in [1.807, 2.05) is 0 Å². The molecule has 0 amide bonds. The monoisotopic (exact) mass is 239 g/mol. The molecule has 0 bridgehead atoms. The zero-order valence-corrected chi connectivity index (χ0v) is 8.98. The summed E-state index contributed by atoms with van der Waals surface area (Å²) in [6.07, 6.45) is 2.63. The standard InChI is InChI=1S/C11H11F2N3O/c12-8-3-4-10(13)11(6-8)16-7-9(14-15-16)2-1-5-17/h3-4,6-7,17H,1-2,5H2. The second-order valence-corrected chi connectivity index (χ2v) is 3.58. The summed E-state index contributed by atoms with van der Waals surface area (Å²) in [5.41, 5.74) is 0.649. The van der Waals surface area contributed by atoms with Gasteiger partial charge in [-0.3, -0.25) is 0 Å². The van der Waals surface area contributed by atoms with Crippen LogP contribution < -0.4 is 0 Å². The summed E-state index contributed by atoms with van der Waals surface area (Å²) >= 11 is 0. The second kappa shape index (κ2) is 5.01. The Kier molecular flexibility index (Phi) is 3.43. The summed E-state index contributed by atoms with van der Waals surface area (Å²) in [6, 6.07) is 3.14. The van der Waals surface area contributed by atoms with E-state index in [1.165, 1.54) is 10.9 Å². The molecule has 0 spiro atoms. The van der Waals surface area contributed by atoms with Gasteiger partial charge >= 0.3 is 0 Å². The van der Waals surface area contributed by atoms with E-state index in [4.69, 9.17) is 5.11 Å². The number of nitrogens with zero attached hydrogens (tertiary/aromatic N) is 3. The summed E-state index contributed by atoms with van der Waals surface area (Å²) in [5.74, 6) is -1.10. The average molecular weight is 239 g/mol. The third-order valence-electron chi connectivity index (χ3n) is 2.29. The first-order chi connectivity index (χ1) is 8.20. The number of rotatable bonds is 4. The lowest BCUT2D eigenvalue weighted by atomic mass is 10.2. The van der Waals surface area contributed by atoms with Crippen LogP contribution in [0.25, 0.3) is 5.69 Å². The Hall–Kier alpha value is -1.82. The van der Waals surface area contributed by atoms with Crippen molar-refractivity contribution in [2.24, 2.45) is 0 Å². The van der Waals surface area contributed by atoms with Crippen LogP contribution in [-0.2, 0) is 6.42 Å². The predicted octanol–water partition coefficient (Wildman–Crippen LogP) is 1.47. The number of hydrogen-bond acceptors (Lipinski definition) is 3. The fraction of sp³-hybridized carbons (Fsp3) is 0.273. The smallest absolute Gasteiger partial charge is 0.149 e. The zero-order valence-electron chi connectivity index (χ0n) is 8.98. The summed E-state index contributed by atoms with van der Waals surface area (Å²) in [7, 11) is 0. The molecule has 4 nitrogen and oxygen atoms in total. The van der Waals surface area contributed by atoms with E-state index in [0.717, 1.165) is 18.2 Å². The molecule has 0 fully saturated rings. The highest BCUT2D eigenvalue weighted by atomic mass is 19.1. The van der Waals surface area contributed by atoms with Crippen molar-refractivity contribution in [1.82, 2.24) is 15.0 Å². The Bertz CT molecular complexity index is 513. The topological polar surface area (TPSA) is 50.9 Å². The highest BCUT2D eigenvalue weighted by Gasteiger charge is 2.08. The lowest BCUT2D eigenvalue weighted by molar-refractivity contribution is 0.288. The third kappa shape index (κ3) is 2.65. The lowest BCUT2D eigenvalue weighted by Gasteiger charge is -2.01. The molecular formula is C11H11F2N3O. The Morgan fingerprint density at radius 1 is 1.29 bits per heavy atom. The predicted molar refractivity (Wildman–Crippen MR) is 56.7 cm³/mol. The van der Waals surface area contributed by atoms with Gasteiger partial charge in [0.25, 0.3) is 0 Å². The number of aromatic nitrogens is 3. The van der Waals surface area contributed by atoms with Crippen molar-refractivity contribution in [3.63, 3.8) is 0 Å². The van der Waals surface area contributed by atoms with Crippen molar-refractivity contribution in [1.29, 1.82) is 0 Å². The molecule has 0 saturated heterocycles. The van der Waals surface area contributed by atoms with Crippen molar-refractivity contribution in [2.75, 3.05) is 6.61 Å². The quantitative estimate of drug-likeness (QED) is 0.879. The number of benzene rings is 1. The molecule has 0 aliphatic heterocycles. The average Bonchev–Trinajstić information content (AvgIpc) is 2.78. The molecule has 0 aliphatic carbocycles. The largest absolute Gasteiger partial charge is 0.396 e. The van der Waals surface area contributed by atoms with Crippen molar-refractivity contribution >= 4 is 0 Å². The molecule has 0 atom stereocenters. The molecular weight excluding hydrogens is 228 g/mol. The van der Waals surface area contributed by atoms with Gasteiger partial charge in [0.05, 0.1) is 11.9 Å². The molecule has 90 valence electrons. The Labute approximate surface area is 96.5 Å². The highest BCUT2D eigenvalue weighted by Crippen LogP contribution is 2.14. The summed E-state index contributed by atoms with van der Waals surface area (Å²) < 4.78 is 27.6. The lowest BCUT2D eigenvalue weighted by Crippen LogP contribution is -1.99. The fourth-order valence-corrected chi connectivity index (χ4v) is 1.45. The van der Waals surface area contributed by atoms with Crippen molar-refractivity contribution in [3.05, 3.63) is 41.7 Å². The molecule has 0 aliphatic rings.